The molecular formula is C10H10N2O2S. The maximum Gasteiger partial charge on any atom is 0.226 e. The van der Waals surface area contributed by atoms with Gasteiger partial charge in [-0.15, -0.1) is 11.3 Å². The summed E-state index contributed by atoms with van der Waals surface area (Å²) < 4.78 is 5.09. The minimum atomic E-state index is -0.0442. The first kappa shape index (κ1) is 9.92. The Morgan fingerprint density at radius 1 is 1.60 bits per heavy atom. The van der Waals surface area contributed by atoms with Crippen LogP contribution in [0.3, 0.4) is 0 Å². The van der Waals surface area contributed by atoms with Crippen LogP contribution in [0.4, 0.5) is 0 Å². The molecular weight excluding hydrogens is 212 g/mol. The summed E-state index contributed by atoms with van der Waals surface area (Å²) in [7, 11) is 0. The topological polar surface area (TPSA) is 55.1 Å². The van der Waals surface area contributed by atoms with Gasteiger partial charge < -0.3 is 9.73 Å². The molecule has 2 aromatic rings. The van der Waals surface area contributed by atoms with E-state index in [4.69, 9.17) is 4.42 Å². The van der Waals surface area contributed by atoms with Gasteiger partial charge in [0.05, 0.1) is 30.4 Å². The van der Waals surface area contributed by atoms with Gasteiger partial charge in [0.1, 0.15) is 5.76 Å². The quantitative estimate of drug-likeness (QED) is 0.854. The van der Waals surface area contributed by atoms with Gasteiger partial charge in [0, 0.05) is 5.38 Å². The molecule has 0 spiro atoms. The predicted octanol–water partition coefficient (Wildman–Crippen LogP) is 1.59. The van der Waals surface area contributed by atoms with Crippen LogP contribution in [-0.4, -0.2) is 10.9 Å². The summed E-state index contributed by atoms with van der Waals surface area (Å²) in [6.45, 7) is 0.427. The molecule has 2 aromatic heterocycles. The van der Waals surface area contributed by atoms with Crippen molar-refractivity contribution < 1.29 is 9.21 Å². The molecule has 0 aliphatic carbocycles. The van der Waals surface area contributed by atoms with E-state index in [0.29, 0.717) is 13.0 Å². The maximum absolute atomic E-state index is 11.4. The molecule has 0 radical (unpaired) electrons. The normalized spacial score (nSPS) is 10.1. The number of thiazole rings is 1. The fourth-order valence-corrected chi connectivity index (χ4v) is 1.71. The van der Waals surface area contributed by atoms with Crippen LogP contribution in [-0.2, 0) is 17.8 Å². The molecule has 2 heterocycles. The minimum Gasteiger partial charge on any atom is -0.467 e. The van der Waals surface area contributed by atoms with Gasteiger partial charge in [0.2, 0.25) is 5.91 Å². The summed E-state index contributed by atoms with van der Waals surface area (Å²) in [6, 6.07) is 3.62. The van der Waals surface area contributed by atoms with Crippen molar-refractivity contribution in [3.63, 3.8) is 0 Å². The Morgan fingerprint density at radius 3 is 3.20 bits per heavy atom. The first-order valence-electron chi connectivity index (χ1n) is 4.51. The summed E-state index contributed by atoms with van der Waals surface area (Å²) in [5.41, 5.74) is 2.52. The molecule has 0 fully saturated rings. The zero-order chi connectivity index (χ0) is 10.5. The summed E-state index contributed by atoms with van der Waals surface area (Å²) in [5.74, 6) is 0.707. The molecule has 0 atom stereocenters. The standard InChI is InChI=1S/C10H10N2O2S/c13-10(4-8-6-15-7-12-8)11-5-9-2-1-3-14-9/h1-3,6-7H,4-5H2,(H,11,13). The average molecular weight is 222 g/mol. The lowest BCUT2D eigenvalue weighted by molar-refractivity contribution is -0.120. The molecule has 15 heavy (non-hydrogen) atoms. The molecule has 0 aliphatic heterocycles. The largest absolute Gasteiger partial charge is 0.467 e. The number of amides is 1. The van der Waals surface area contributed by atoms with Gasteiger partial charge >= 0.3 is 0 Å². The second-order valence-corrected chi connectivity index (χ2v) is 3.73. The summed E-state index contributed by atoms with van der Waals surface area (Å²) in [4.78, 5) is 15.5. The molecule has 1 N–H and O–H groups in total. The molecule has 78 valence electrons. The number of aromatic nitrogens is 1. The monoisotopic (exact) mass is 222 g/mol. The Labute approximate surface area is 90.9 Å². The van der Waals surface area contributed by atoms with Crippen LogP contribution in [0.2, 0.25) is 0 Å². The number of hydrogen-bond donors (Lipinski definition) is 1. The van der Waals surface area contributed by atoms with Gasteiger partial charge in [0.15, 0.2) is 0 Å². The van der Waals surface area contributed by atoms with Crippen LogP contribution < -0.4 is 5.32 Å². The Morgan fingerprint density at radius 2 is 2.53 bits per heavy atom. The van der Waals surface area contributed by atoms with E-state index in [1.54, 1.807) is 17.8 Å². The van der Waals surface area contributed by atoms with E-state index in [-0.39, 0.29) is 5.91 Å². The third-order valence-electron chi connectivity index (χ3n) is 1.87. The van der Waals surface area contributed by atoms with Gasteiger partial charge in [-0.3, -0.25) is 4.79 Å². The number of rotatable bonds is 4. The van der Waals surface area contributed by atoms with Crippen molar-refractivity contribution in [3.8, 4) is 0 Å². The second kappa shape index (κ2) is 4.75. The average Bonchev–Trinajstić information content (AvgIpc) is 2.86. The van der Waals surface area contributed by atoms with E-state index in [1.807, 2.05) is 11.4 Å². The Kier molecular flexibility index (Phi) is 3.14. The van der Waals surface area contributed by atoms with E-state index in [1.165, 1.54) is 11.3 Å². The summed E-state index contributed by atoms with van der Waals surface area (Å²) in [5, 5.41) is 4.62. The number of nitrogens with one attached hydrogen (secondary N) is 1. The minimum absolute atomic E-state index is 0.0442. The van der Waals surface area contributed by atoms with Crippen molar-refractivity contribution in [3.05, 3.63) is 40.7 Å². The van der Waals surface area contributed by atoms with E-state index in [0.717, 1.165) is 11.5 Å². The maximum atomic E-state index is 11.4. The predicted molar refractivity (Wildman–Crippen MR) is 56.4 cm³/mol. The lowest BCUT2D eigenvalue weighted by Crippen LogP contribution is -2.24. The highest BCUT2D eigenvalue weighted by Crippen LogP contribution is 2.02. The zero-order valence-electron chi connectivity index (χ0n) is 7.97. The molecule has 0 aromatic carbocycles. The Balaban J connectivity index is 1.78. The molecule has 0 aliphatic rings. The van der Waals surface area contributed by atoms with Crippen LogP contribution in [0.5, 0.6) is 0 Å². The van der Waals surface area contributed by atoms with Crippen LogP contribution in [0.15, 0.2) is 33.7 Å². The van der Waals surface area contributed by atoms with Crippen LogP contribution in [0, 0.1) is 0 Å². The van der Waals surface area contributed by atoms with E-state index in [9.17, 15) is 4.79 Å². The highest BCUT2D eigenvalue weighted by atomic mass is 32.1. The van der Waals surface area contributed by atoms with E-state index in [2.05, 4.69) is 10.3 Å². The molecule has 1 amide bonds. The van der Waals surface area contributed by atoms with Crippen LogP contribution in [0.25, 0.3) is 0 Å². The first-order valence-corrected chi connectivity index (χ1v) is 5.45. The van der Waals surface area contributed by atoms with Crippen molar-refractivity contribution in [2.45, 2.75) is 13.0 Å². The fraction of sp³-hybridized carbons (Fsp3) is 0.200. The molecule has 0 bridgehead atoms. The van der Waals surface area contributed by atoms with Crippen molar-refractivity contribution in [1.29, 1.82) is 0 Å². The van der Waals surface area contributed by atoms with Crippen molar-refractivity contribution >= 4 is 17.2 Å². The summed E-state index contributed by atoms with van der Waals surface area (Å²) >= 11 is 1.49. The molecule has 0 unspecified atom stereocenters. The number of hydrogen-bond acceptors (Lipinski definition) is 4. The van der Waals surface area contributed by atoms with Gasteiger partial charge in [0.25, 0.3) is 0 Å². The smallest absolute Gasteiger partial charge is 0.226 e. The van der Waals surface area contributed by atoms with Gasteiger partial charge in [-0.2, -0.15) is 0 Å². The van der Waals surface area contributed by atoms with Crippen molar-refractivity contribution in [2.24, 2.45) is 0 Å². The van der Waals surface area contributed by atoms with Crippen LogP contribution in [0.1, 0.15) is 11.5 Å². The molecule has 2 rings (SSSR count). The van der Waals surface area contributed by atoms with Crippen LogP contribution >= 0.6 is 11.3 Å². The van der Waals surface area contributed by atoms with E-state index >= 15 is 0 Å². The Bertz CT molecular complexity index is 409. The summed E-state index contributed by atoms with van der Waals surface area (Å²) in [6.07, 6.45) is 1.91. The first-order chi connectivity index (χ1) is 7.34. The fourth-order valence-electron chi connectivity index (χ4n) is 1.15. The number of furan rings is 1. The lowest BCUT2D eigenvalue weighted by Gasteiger charge is -2.00. The molecule has 4 nitrogen and oxygen atoms in total. The number of nitrogens with zero attached hydrogens (tertiary/aromatic N) is 1. The highest BCUT2D eigenvalue weighted by molar-refractivity contribution is 7.07. The zero-order valence-corrected chi connectivity index (χ0v) is 8.79. The Hall–Kier alpha value is -1.62. The number of carbonyl (C=O) groups excluding carboxylic acids is 1. The molecule has 0 saturated carbocycles. The van der Waals surface area contributed by atoms with Gasteiger partial charge in [-0.05, 0) is 12.1 Å². The molecule has 5 heteroatoms. The van der Waals surface area contributed by atoms with Gasteiger partial charge in [-0.25, -0.2) is 4.98 Å². The lowest BCUT2D eigenvalue weighted by atomic mass is 10.3. The third-order valence-corrected chi connectivity index (χ3v) is 2.50. The van der Waals surface area contributed by atoms with E-state index < -0.39 is 0 Å². The number of carbonyl (C=O) groups is 1. The molecule has 0 saturated heterocycles. The third kappa shape index (κ3) is 2.92. The van der Waals surface area contributed by atoms with Gasteiger partial charge in [-0.1, -0.05) is 0 Å². The second-order valence-electron chi connectivity index (χ2n) is 3.01. The highest BCUT2D eigenvalue weighted by Gasteiger charge is 2.05. The SMILES string of the molecule is O=C(Cc1cscn1)NCc1ccco1. The van der Waals surface area contributed by atoms with Crippen molar-refractivity contribution in [1.82, 2.24) is 10.3 Å². The van der Waals surface area contributed by atoms with Crippen molar-refractivity contribution in [2.75, 3.05) is 0 Å².